The summed E-state index contributed by atoms with van der Waals surface area (Å²) < 4.78 is 3.77. The van der Waals surface area contributed by atoms with Crippen LogP contribution in [-0.2, 0) is 0 Å². The first kappa shape index (κ1) is 33.1. The lowest BCUT2D eigenvalue weighted by molar-refractivity contribution is 1.03. The van der Waals surface area contributed by atoms with Gasteiger partial charge in [0.25, 0.3) is 0 Å². The van der Waals surface area contributed by atoms with E-state index < -0.39 is 0 Å². The molecule has 0 aromatic carbocycles. The third-order valence-electron chi connectivity index (χ3n) is 5.87. The van der Waals surface area contributed by atoms with Gasteiger partial charge in [0.05, 0.1) is 26.0 Å². The molecule has 0 amide bonds. The summed E-state index contributed by atoms with van der Waals surface area (Å²) in [5.74, 6) is 16.1. The lowest BCUT2D eigenvalue weighted by atomic mass is 10.5. The Kier molecular flexibility index (Phi) is 15.5. The fourth-order valence-electron chi connectivity index (χ4n) is 3.69. The number of thioether (sulfide) groups is 12. The Labute approximate surface area is 273 Å². The quantitative estimate of drug-likeness (QED) is 0.0821. The molecule has 0 nitrogen and oxygen atoms in total. The molecule has 4 heterocycles. The van der Waals surface area contributed by atoms with Gasteiger partial charge >= 0.3 is 0 Å². The average Bonchev–Trinajstić information content (AvgIpc) is 3.77. The van der Waals surface area contributed by atoms with Crippen LogP contribution in [0.5, 0.6) is 0 Å². The van der Waals surface area contributed by atoms with Crippen LogP contribution in [0, 0.1) is 0 Å². The third-order valence-corrected chi connectivity index (χ3v) is 27.8. The number of hydrogen-bond donors (Lipinski definition) is 0. The largest absolute Gasteiger partial charge is 0.161 e. The monoisotopic (exact) mass is 714 g/mol. The normalized spacial score (nSPS) is 37.2. The van der Waals surface area contributed by atoms with Crippen LogP contribution in [0.4, 0.5) is 0 Å². The minimum atomic E-state index is 0.490. The Morgan fingerprint density at radius 1 is 0.472 bits per heavy atom. The van der Waals surface area contributed by atoms with Crippen molar-refractivity contribution in [2.24, 2.45) is 0 Å². The van der Waals surface area contributed by atoms with Gasteiger partial charge < -0.3 is 0 Å². The number of rotatable bonds is 21. The lowest BCUT2D eigenvalue weighted by Gasteiger charge is -2.42. The van der Waals surface area contributed by atoms with Crippen LogP contribution in [0.3, 0.4) is 0 Å². The molecule has 0 radical (unpaired) electrons. The zero-order valence-corrected chi connectivity index (χ0v) is 31.5. The molecule has 0 aliphatic carbocycles. The summed E-state index contributed by atoms with van der Waals surface area (Å²) in [6, 6.07) is 0. The van der Waals surface area contributed by atoms with E-state index in [1.165, 1.54) is 88.3 Å². The predicted molar refractivity (Wildman–Crippen MR) is 200 cm³/mol. The van der Waals surface area contributed by atoms with Gasteiger partial charge in [0.2, 0.25) is 0 Å². The molecule has 4 aliphatic heterocycles. The van der Waals surface area contributed by atoms with Gasteiger partial charge in [-0.15, -0.1) is 106 Å². The second kappa shape index (κ2) is 16.9. The molecular weight excluding hydrogens is 673 g/mol. The molecule has 4 aliphatic rings. The van der Waals surface area contributed by atoms with Gasteiger partial charge in [-0.05, 0) is 36.5 Å². The fourth-order valence-corrected chi connectivity index (χ4v) is 24.5. The van der Waals surface area contributed by atoms with Gasteiger partial charge in [-0.3, -0.25) is 0 Å². The van der Waals surface area contributed by atoms with Gasteiger partial charge in [0.15, 0.2) is 0 Å². The summed E-state index contributed by atoms with van der Waals surface area (Å²) >= 11 is 27.5. The minimum Gasteiger partial charge on any atom is -0.161 e. The maximum atomic E-state index is 2.40. The molecule has 4 saturated heterocycles. The van der Waals surface area contributed by atoms with E-state index in [0.29, 0.717) is 12.2 Å². The smallest absolute Gasteiger partial charge is 0.0912 e. The van der Waals surface area contributed by atoms with E-state index >= 15 is 0 Å². The molecule has 0 spiro atoms. The van der Waals surface area contributed by atoms with Crippen molar-refractivity contribution in [2.75, 3.05) is 69.0 Å². The van der Waals surface area contributed by atoms with Crippen LogP contribution < -0.4 is 0 Å². The molecule has 3 unspecified atom stereocenters. The molecule has 0 N–H and O–H groups in total. The highest BCUT2D eigenvalue weighted by molar-refractivity contribution is 8.40. The van der Waals surface area contributed by atoms with Crippen LogP contribution in [0.1, 0.15) is 40.0 Å². The van der Waals surface area contributed by atoms with Crippen molar-refractivity contribution < 1.29 is 0 Å². The van der Waals surface area contributed by atoms with Crippen LogP contribution in [0.15, 0.2) is 0 Å². The standard InChI is InChI=1S/C24H42S12/c1-4-7-25-10-13-28-22(16-31-22)19-34-20(23(17-32-23)29-14-11-26-8-5-2)36-21(35-19)24(18-33-24)30-15-12-27-9-6-3/h19-21H,4-18H2,1-3H3. The average molecular weight is 715 g/mol. The van der Waals surface area contributed by atoms with Gasteiger partial charge in [-0.2, -0.15) is 35.3 Å². The summed E-state index contributed by atoms with van der Waals surface area (Å²) in [6.45, 7) is 6.93. The topological polar surface area (TPSA) is 0 Å². The summed E-state index contributed by atoms with van der Waals surface area (Å²) in [5, 5.41) is 0. The lowest BCUT2D eigenvalue weighted by Crippen LogP contribution is -2.37. The van der Waals surface area contributed by atoms with E-state index in [0.717, 1.165) is 13.7 Å². The first-order valence-corrected chi connectivity index (χ1v) is 25.4. The molecule has 0 saturated carbocycles. The van der Waals surface area contributed by atoms with Crippen molar-refractivity contribution in [3.63, 3.8) is 0 Å². The second-order valence-corrected chi connectivity index (χ2v) is 26.3. The van der Waals surface area contributed by atoms with Crippen LogP contribution in [-0.4, -0.2) is 95.0 Å². The Morgan fingerprint density at radius 2 is 0.750 bits per heavy atom. The summed E-state index contributed by atoms with van der Waals surface area (Å²) in [7, 11) is 0. The molecule has 0 aromatic heterocycles. The van der Waals surface area contributed by atoms with Gasteiger partial charge in [-0.25, -0.2) is 0 Å². The Bertz CT molecular complexity index is 545. The summed E-state index contributed by atoms with van der Waals surface area (Å²) in [4.78, 5) is 0. The maximum absolute atomic E-state index is 2.40. The predicted octanol–water partition coefficient (Wildman–Crippen LogP) is 10.1. The highest BCUT2D eigenvalue weighted by atomic mass is 32.3. The van der Waals surface area contributed by atoms with Gasteiger partial charge in [-0.1, -0.05) is 20.8 Å². The van der Waals surface area contributed by atoms with Crippen LogP contribution in [0.25, 0.3) is 0 Å². The highest BCUT2D eigenvalue weighted by Crippen LogP contribution is 2.75. The van der Waals surface area contributed by atoms with Crippen molar-refractivity contribution in [1.29, 1.82) is 0 Å². The highest BCUT2D eigenvalue weighted by Gasteiger charge is 2.64. The molecule has 4 fully saturated rings. The van der Waals surface area contributed by atoms with Crippen molar-refractivity contribution >= 4 is 141 Å². The number of hydrogen-bond acceptors (Lipinski definition) is 12. The second-order valence-electron chi connectivity index (χ2n) is 9.09. The zero-order valence-electron chi connectivity index (χ0n) is 21.7. The van der Waals surface area contributed by atoms with Crippen molar-refractivity contribution in [3.8, 4) is 0 Å². The summed E-state index contributed by atoms with van der Waals surface area (Å²) in [6.07, 6.45) is 3.94. The molecular formula is C24H42S12. The van der Waals surface area contributed by atoms with E-state index in [2.05, 4.69) is 162 Å². The summed E-state index contributed by atoms with van der Waals surface area (Å²) in [5.41, 5.74) is 0. The van der Waals surface area contributed by atoms with Crippen molar-refractivity contribution in [1.82, 2.24) is 0 Å². The third kappa shape index (κ3) is 9.87. The van der Waals surface area contributed by atoms with E-state index in [4.69, 9.17) is 0 Å². The first-order valence-electron chi connectivity index (χ1n) is 13.2. The van der Waals surface area contributed by atoms with E-state index in [1.807, 2.05) is 0 Å². The minimum absolute atomic E-state index is 0.490. The Hall–Kier alpha value is 4.20. The Morgan fingerprint density at radius 3 is 0.972 bits per heavy atom. The van der Waals surface area contributed by atoms with Crippen molar-refractivity contribution in [2.45, 2.75) is 66.0 Å². The molecule has 210 valence electrons. The van der Waals surface area contributed by atoms with E-state index in [9.17, 15) is 0 Å². The molecule has 3 atom stereocenters. The van der Waals surface area contributed by atoms with Crippen molar-refractivity contribution in [3.05, 3.63) is 0 Å². The van der Waals surface area contributed by atoms with Crippen LogP contribution in [0.2, 0.25) is 0 Å². The first-order chi connectivity index (χ1) is 17.6. The van der Waals surface area contributed by atoms with E-state index in [-0.39, 0.29) is 0 Å². The van der Waals surface area contributed by atoms with E-state index in [1.54, 1.807) is 0 Å². The van der Waals surface area contributed by atoms with Gasteiger partial charge in [0, 0.05) is 51.8 Å². The van der Waals surface area contributed by atoms with Gasteiger partial charge in [0.1, 0.15) is 0 Å². The Balaban J connectivity index is 1.36. The molecule has 12 heteroatoms. The zero-order chi connectivity index (χ0) is 25.3. The molecule has 4 rings (SSSR count). The molecule has 36 heavy (non-hydrogen) atoms. The van der Waals surface area contributed by atoms with Crippen LogP contribution >= 0.6 is 141 Å². The molecule has 0 aromatic rings. The molecule has 0 bridgehead atoms. The maximum Gasteiger partial charge on any atom is 0.0912 e. The SMILES string of the molecule is CCCSCCSC1(C2SC(C3(SCCSCCC)CS3)SC(C3(SCCSCCC)CS3)S2)CS1. The fraction of sp³-hybridized carbons (Fsp3) is 1.00.